The Kier molecular flexibility index (Phi) is 4.89. The summed E-state index contributed by atoms with van der Waals surface area (Å²) in [4.78, 5) is 31.6. The van der Waals surface area contributed by atoms with Crippen molar-refractivity contribution in [1.82, 2.24) is 9.88 Å². The van der Waals surface area contributed by atoms with Gasteiger partial charge in [0, 0.05) is 24.5 Å². The van der Waals surface area contributed by atoms with Gasteiger partial charge in [-0.05, 0) is 48.9 Å². The van der Waals surface area contributed by atoms with Gasteiger partial charge < -0.3 is 23.9 Å². The third-order valence-electron chi connectivity index (χ3n) is 5.46. The summed E-state index contributed by atoms with van der Waals surface area (Å²) < 4.78 is 16.9. The second-order valence-electron chi connectivity index (χ2n) is 7.60. The van der Waals surface area contributed by atoms with Crippen molar-refractivity contribution in [3.8, 4) is 11.5 Å². The summed E-state index contributed by atoms with van der Waals surface area (Å²) in [6.45, 7) is 2.74. The van der Waals surface area contributed by atoms with Crippen LogP contribution in [0, 0.1) is 6.92 Å². The molecule has 8 heteroatoms. The number of aliphatic hydroxyl groups excluding tert-OH is 1. The van der Waals surface area contributed by atoms with E-state index in [2.05, 4.69) is 4.98 Å². The number of rotatable bonds is 4. The van der Waals surface area contributed by atoms with Crippen molar-refractivity contribution in [3.63, 3.8) is 0 Å². The Morgan fingerprint density at radius 1 is 1.12 bits per heavy atom. The summed E-state index contributed by atoms with van der Waals surface area (Å²) in [7, 11) is 0. The van der Waals surface area contributed by atoms with E-state index in [1.807, 2.05) is 6.07 Å². The Bertz CT molecular complexity index is 1230. The number of pyridine rings is 1. The van der Waals surface area contributed by atoms with Crippen LogP contribution in [0.25, 0.3) is 5.76 Å². The molecular weight excluding hydrogens is 412 g/mol. The van der Waals surface area contributed by atoms with Crippen LogP contribution in [0.15, 0.2) is 64.8 Å². The number of likely N-dealkylation sites (tertiary alicyclic amines) is 1. The van der Waals surface area contributed by atoms with Crippen molar-refractivity contribution in [1.29, 1.82) is 0 Å². The fraction of sp³-hybridized carbons (Fsp3) is 0.208. The third kappa shape index (κ3) is 3.39. The molecule has 5 rings (SSSR count). The third-order valence-corrected chi connectivity index (χ3v) is 5.46. The zero-order valence-electron chi connectivity index (χ0n) is 17.3. The van der Waals surface area contributed by atoms with Gasteiger partial charge in [0.15, 0.2) is 11.5 Å². The lowest BCUT2D eigenvalue weighted by molar-refractivity contribution is -0.140. The quantitative estimate of drug-likeness (QED) is 0.383. The number of hydrogen-bond donors (Lipinski definition) is 1. The number of ketones is 1. The first-order valence-electron chi connectivity index (χ1n) is 10.2. The zero-order valence-corrected chi connectivity index (χ0v) is 17.3. The highest BCUT2D eigenvalue weighted by Gasteiger charge is 2.47. The second-order valence-corrected chi connectivity index (χ2v) is 7.60. The Labute approximate surface area is 183 Å². The molecule has 1 N–H and O–H groups in total. The van der Waals surface area contributed by atoms with Crippen LogP contribution < -0.4 is 9.47 Å². The zero-order chi connectivity index (χ0) is 22.2. The van der Waals surface area contributed by atoms with Gasteiger partial charge in [-0.15, -0.1) is 0 Å². The number of furan rings is 1. The lowest BCUT2D eigenvalue weighted by Crippen LogP contribution is -2.29. The molecule has 0 spiro atoms. The van der Waals surface area contributed by atoms with Crippen molar-refractivity contribution in [2.75, 3.05) is 13.2 Å². The van der Waals surface area contributed by atoms with E-state index >= 15 is 0 Å². The number of aryl methyl sites for hydroxylation is 1. The lowest BCUT2D eigenvalue weighted by Gasteiger charge is -2.23. The van der Waals surface area contributed by atoms with E-state index in [1.54, 1.807) is 55.7 Å². The van der Waals surface area contributed by atoms with Crippen molar-refractivity contribution >= 4 is 17.4 Å². The molecule has 8 nitrogen and oxygen atoms in total. The first-order valence-corrected chi connectivity index (χ1v) is 10.2. The van der Waals surface area contributed by atoms with E-state index in [0.29, 0.717) is 41.8 Å². The Morgan fingerprint density at radius 2 is 1.94 bits per heavy atom. The average molecular weight is 432 g/mol. The maximum Gasteiger partial charge on any atom is 0.296 e. The monoisotopic (exact) mass is 432 g/mol. The van der Waals surface area contributed by atoms with Crippen molar-refractivity contribution in [3.05, 3.63) is 83.1 Å². The number of fused-ring (bicyclic) bond motifs is 1. The lowest BCUT2D eigenvalue weighted by atomic mass is 9.99. The Morgan fingerprint density at radius 3 is 2.66 bits per heavy atom. The first kappa shape index (κ1) is 19.9. The highest BCUT2D eigenvalue weighted by molar-refractivity contribution is 6.46. The van der Waals surface area contributed by atoms with Crippen LogP contribution in [-0.2, 0) is 16.1 Å². The summed E-state index contributed by atoms with van der Waals surface area (Å²) in [5.41, 5.74) is 1.06. The van der Waals surface area contributed by atoms with Crippen LogP contribution in [0.1, 0.15) is 28.7 Å². The van der Waals surface area contributed by atoms with Gasteiger partial charge in [0.1, 0.15) is 36.5 Å². The van der Waals surface area contributed by atoms with Crippen LogP contribution in [0.2, 0.25) is 0 Å². The number of hydrogen-bond acceptors (Lipinski definition) is 7. The molecule has 32 heavy (non-hydrogen) atoms. The highest BCUT2D eigenvalue weighted by atomic mass is 16.6. The number of ether oxygens (including phenoxy) is 2. The summed E-state index contributed by atoms with van der Waals surface area (Å²) in [6, 6.07) is 11.1. The first-order chi connectivity index (χ1) is 15.5. The van der Waals surface area contributed by atoms with Gasteiger partial charge in [-0.2, -0.15) is 0 Å². The molecule has 2 aromatic heterocycles. The predicted octanol–water partition coefficient (Wildman–Crippen LogP) is 3.38. The molecule has 0 unspecified atom stereocenters. The number of carbonyl (C=O) groups excluding carboxylic acids is 2. The minimum absolute atomic E-state index is 0.0371. The minimum atomic E-state index is -0.878. The highest BCUT2D eigenvalue weighted by Crippen LogP contribution is 2.42. The molecule has 1 amide bonds. The van der Waals surface area contributed by atoms with Gasteiger partial charge >= 0.3 is 0 Å². The summed E-state index contributed by atoms with van der Waals surface area (Å²) in [5.74, 6) is 0.259. The number of nitrogens with zero attached hydrogens (tertiary/aromatic N) is 2. The number of Topliss-reactive ketones (excluding diaryl/α,β-unsaturated/α-hetero) is 1. The maximum absolute atomic E-state index is 13.1. The molecule has 1 fully saturated rings. The topological polar surface area (TPSA) is 102 Å². The molecule has 0 radical (unpaired) electrons. The average Bonchev–Trinajstić information content (AvgIpc) is 3.35. The normalized spacial score (nSPS) is 19.4. The van der Waals surface area contributed by atoms with Crippen LogP contribution >= 0.6 is 0 Å². The van der Waals surface area contributed by atoms with Gasteiger partial charge in [0.2, 0.25) is 0 Å². The Hall–Kier alpha value is -4.07. The molecule has 2 aliphatic rings. The van der Waals surface area contributed by atoms with E-state index in [9.17, 15) is 14.7 Å². The van der Waals surface area contributed by atoms with Gasteiger partial charge in [-0.3, -0.25) is 14.6 Å². The van der Waals surface area contributed by atoms with Crippen molar-refractivity contribution in [2.45, 2.75) is 19.5 Å². The number of amides is 1. The molecule has 1 aromatic carbocycles. The molecule has 162 valence electrons. The van der Waals surface area contributed by atoms with Crippen LogP contribution in [0.3, 0.4) is 0 Å². The molecule has 4 heterocycles. The summed E-state index contributed by atoms with van der Waals surface area (Å²) in [5, 5.41) is 11.2. The summed E-state index contributed by atoms with van der Waals surface area (Å²) >= 11 is 0. The molecule has 3 aromatic rings. The van der Waals surface area contributed by atoms with Crippen molar-refractivity contribution < 1.29 is 28.6 Å². The summed E-state index contributed by atoms with van der Waals surface area (Å²) in [6.07, 6.45) is 3.26. The van der Waals surface area contributed by atoms with E-state index < -0.39 is 17.7 Å². The molecule has 0 bridgehead atoms. The van der Waals surface area contributed by atoms with Crippen LogP contribution in [-0.4, -0.2) is 39.9 Å². The van der Waals surface area contributed by atoms with Crippen LogP contribution in [0.5, 0.6) is 11.5 Å². The number of carbonyl (C=O) groups is 2. The SMILES string of the molecule is Cc1ccc([C@@H]2C(=C(O)c3ccc4c(c3)OCCO4)C(=O)C(=O)N2Cc2cccnc2)o1. The fourth-order valence-corrected chi connectivity index (χ4v) is 3.97. The van der Waals surface area contributed by atoms with Gasteiger partial charge in [0.25, 0.3) is 11.7 Å². The van der Waals surface area contributed by atoms with Gasteiger partial charge in [0.05, 0.1) is 5.57 Å². The van der Waals surface area contributed by atoms with Crippen molar-refractivity contribution in [2.24, 2.45) is 0 Å². The molecular formula is C24H20N2O6. The molecule has 1 saturated heterocycles. The number of benzene rings is 1. The standard InChI is InChI=1S/C24H20N2O6/c1-14-4-6-18(32-14)21-20(22(27)16-5-7-17-19(11-16)31-10-9-30-17)23(28)24(29)26(21)13-15-3-2-8-25-12-15/h2-8,11-12,21,27H,9-10,13H2,1H3/t21-/m1/s1. The number of aromatic nitrogens is 1. The maximum atomic E-state index is 13.1. The van der Waals surface area contributed by atoms with Gasteiger partial charge in [-0.25, -0.2) is 0 Å². The van der Waals surface area contributed by atoms with Crippen LogP contribution in [0.4, 0.5) is 0 Å². The Balaban J connectivity index is 1.62. The van der Waals surface area contributed by atoms with E-state index in [0.717, 1.165) is 5.56 Å². The minimum Gasteiger partial charge on any atom is -0.507 e. The molecule has 2 aliphatic heterocycles. The molecule has 1 atom stereocenters. The molecule has 0 saturated carbocycles. The largest absolute Gasteiger partial charge is 0.507 e. The fourth-order valence-electron chi connectivity index (χ4n) is 3.97. The number of aliphatic hydroxyl groups is 1. The smallest absolute Gasteiger partial charge is 0.296 e. The molecule has 0 aliphatic carbocycles. The van der Waals surface area contributed by atoms with E-state index in [4.69, 9.17) is 13.9 Å². The predicted molar refractivity (Wildman–Crippen MR) is 113 cm³/mol. The van der Waals surface area contributed by atoms with E-state index in [-0.39, 0.29) is 17.9 Å². The van der Waals surface area contributed by atoms with E-state index in [1.165, 1.54) is 4.90 Å². The van der Waals surface area contributed by atoms with Gasteiger partial charge in [-0.1, -0.05) is 6.07 Å². The second kappa shape index (κ2) is 7.88.